The molecule has 0 unspecified atom stereocenters. The topological polar surface area (TPSA) is 93.2 Å². The number of aryl methyl sites for hydroxylation is 1. The Balaban J connectivity index is 2.13. The zero-order valence-corrected chi connectivity index (χ0v) is 9.92. The summed E-state index contributed by atoms with van der Waals surface area (Å²) in [5.74, 6) is -0.976. The molecule has 0 radical (unpaired) electrons. The summed E-state index contributed by atoms with van der Waals surface area (Å²) in [4.78, 5) is 10.9. The number of aromatic nitrogens is 2. The van der Waals surface area contributed by atoms with E-state index in [-0.39, 0.29) is 5.56 Å². The maximum Gasteiger partial charge on any atom is 0.335 e. The summed E-state index contributed by atoms with van der Waals surface area (Å²) in [6.45, 7) is 0.494. The zero-order valence-electron chi connectivity index (χ0n) is 9.92. The zero-order chi connectivity index (χ0) is 13.1. The molecule has 6 heteroatoms. The second kappa shape index (κ2) is 4.79. The molecule has 0 fully saturated rings. The van der Waals surface area contributed by atoms with Crippen molar-refractivity contribution in [3.8, 4) is 0 Å². The molecule has 4 N–H and O–H groups in total. The lowest BCUT2D eigenvalue weighted by Gasteiger charge is -2.08. The molecule has 0 saturated carbocycles. The standard InChI is InChI=1S/C12H14N4O2/c1-16-5-4-9(15-16)7-14-11-6-8(12(17)18)2-3-10(11)13/h2-6,14H,7,13H2,1H3,(H,17,18). The smallest absolute Gasteiger partial charge is 0.335 e. The summed E-state index contributed by atoms with van der Waals surface area (Å²) in [6, 6.07) is 6.44. The fourth-order valence-corrected chi connectivity index (χ4v) is 1.59. The molecule has 0 atom stereocenters. The first-order valence-electron chi connectivity index (χ1n) is 5.41. The Morgan fingerprint density at radius 2 is 2.28 bits per heavy atom. The first-order valence-corrected chi connectivity index (χ1v) is 5.41. The lowest BCUT2D eigenvalue weighted by Crippen LogP contribution is -2.05. The molecule has 18 heavy (non-hydrogen) atoms. The third-order valence-corrected chi connectivity index (χ3v) is 2.53. The number of carbonyl (C=O) groups is 1. The van der Waals surface area contributed by atoms with Crippen LogP contribution in [0.1, 0.15) is 16.1 Å². The van der Waals surface area contributed by atoms with Crippen LogP contribution in [0.4, 0.5) is 11.4 Å². The molecular weight excluding hydrogens is 232 g/mol. The van der Waals surface area contributed by atoms with Crippen LogP contribution in [0.5, 0.6) is 0 Å². The van der Waals surface area contributed by atoms with Crippen molar-refractivity contribution in [1.82, 2.24) is 9.78 Å². The van der Waals surface area contributed by atoms with Crippen LogP contribution in [0, 0.1) is 0 Å². The Hall–Kier alpha value is -2.50. The summed E-state index contributed by atoms with van der Waals surface area (Å²) >= 11 is 0. The summed E-state index contributed by atoms with van der Waals surface area (Å²) in [5, 5.41) is 16.2. The number of nitrogen functional groups attached to an aromatic ring is 1. The van der Waals surface area contributed by atoms with E-state index in [1.807, 2.05) is 19.3 Å². The number of hydrogen-bond donors (Lipinski definition) is 3. The van der Waals surface area contributed by atoms with Crippen LogP contribution < -0.4 is 11.1 Å². The monoisotopic (exact) mass is 246 g/mol. The fraction of sp³-hybridized carbons (Fsp3) is 0.167. The van der Waals surface area contributed by atoms with E-state index in [1.165, 1.54) is 12.1 Å². The van der Waals surface area contributed by atoms with Gasteiger partial charge in [-0.15, -0.1) is 0 Å². The van der Waals surface area contributed by atoms with E-state index in [0.29, 0.717) is 17.9 Å². The molecule has 1 heterocycles. The first-order chi connectivity index (χ1) is 8.56. The van der Waals surface area contributed by atoms with Crippen molar-refractivity contribution in [3.05, 3.63) is 41.7 Å². The quantitative estimate of drug-likeness (QED) is 0.707. The second-order valence-electron chi connectivity index (χ2n) is 3.94. The SMILES string of the molecule is Cn1ccc(CNc2cc(C(=O)O)ccc2N)n1. The number of nitrogens with zero attached hydrogens (tertiary/aromatic N) is 2. The minimum Gasteiger partial charge on any atom is -0.478 e. The summed E-state index contributed by atoms with van der Waals surface area (Å²) in [7, 11) is 1.84. The molecule has 0 saturated heterocycles. The number of aromatic carboxylic acids is 1. The van der Waals surface area contributed by atoms with Crippen LogP contribution >= 0.6 is 0 Å². The van der Waals surface area contributed by atoms with Gasteiger partial charge in [0.05, 0.1) is 29.2 Å². The van der Waals surface area contributed by atoms with Crippen molar-refractivity contribution >= 4 is 17.3 Å². The van der Waals surface area contributed by atoms with E-state index in [1.54, 1.807) is 10.7 Å². The van der Waals surface area contributed by atoms with Gasteiger partial charge in [-0.2, -0.15) is 5.10 Å². The van der Waals surface area contributed by atoms with Gasteiger partial charge in [0.25, 0.3) is 0 Å². The van der Waals surface area contributed by atoms with Gasteiger partial charge in [0, 0.05) is 13.2 Å². The second-order valence-corrected chi connectivity index (χ2v) is 3.94. The van der Waals surface area contributed by atoms with Gasteiger partial charge < -0.3 is 16.2 Å². The molecule has 0 bridgehead atoms. The molecule has 0 aliphatic heterocycles. The van der Waals surface area contributed by atoms with Crippen molar-refractivity contribution in [2.75, 3.05) is 11.1 Å². The van der Waals surface area contributed by atoms with Gasteiger partial charge in [0.1, 0.15) is 0 Å². The third-order valence-electron chi connectivity index (χ3n) is 2.53. The van der Waals surface area contributed by atoms with Gasteiger partial charge in [0.15, 0.2) is 0 Å². The average molecular weight is 246 g/mol. The number of hydrogen-bond acceptors (Lipinski definition) is 4. The van der Waals surface area contributed by atoms with Crippen molar-refractivity contribution in [1.29, 1.82) is 0 Å². The van der Waals surface area contributed by atoms with Crippen LogP contribution in [-0.2, 0) is 13.6 Å². The van der Waals surface area contributed by atoms with E-state index in [4.69, 9.17) is 10.8 Å². The minimum absolute atomic E-state index is 0.202. The fourth-order valence-electron chi connectivity index (χ4n) is 1.59. The van der Waals surface area contributed by atoms with Crippen LogP contribution in [0.25, 0.3) is 0 Å². The van der Waals surface area contributed by atoms with Gasteiger partial charge in [-0.1, -0.05) is 0 Å². The van der Waals surface area contributed by atoms with Crippen LogP contribution in [0.3, 0.4) is 0 Å². The Kier molecular flexibility index (Phi) is 3.18. The highest BCUT2D eigenvalue weighted by Crippen LogP contribution is 2.20. The van der Waals surface area contributed by atoms with Gasteiger partial charge >= 0.3 is 5.97 Å². The third kappa shape index (κ3) is 2.60. The predicted molar refractivity (Wildman–Crippen MR) is 68.3 cm³/mol. The lowest BCUT2D eigenvalue weighted by atomic mass is 10.1. The normalized spacial score (nSPS) is 10.3. The van der Waals surface area contributed by atoms with Crippen LogP contribution in [0.15, 0.2) is 30.5 Å². The first kappa shape index (κ1) is 12.0. The lowest BCUT2D eigenvalue weighted by molar-refractivity contribution is 0.0697. The molecule has 94 valence electrons. The van der Waals surface area contributed by atoms with Crippen LogP contribution in [-0.4, -0.2) is 20.9 Å². The molecule has 1 aromatic heterocycles. The molecule has 6 nitrogen and oxygen atoms in total. The number of rotatable bonds is 4. The van der Waals surface area contributed by atoms with E-state index in [0.717, 1.165) is 5.69 Å². The van der Waals surface area contributed by atoms with Crippen molar-refractivity contribution in [2.24, 2.45) is 7.05 Å². The Morgan fingerprint density at radius 3 is 2.89 bits per heavy atom. The van der Waals surface area contributed by atoms with Gasteiger partial charge in [0.2, 0.25) is 0 Å². The number of nitrogens with one attached hydrogen (secondary N) is 1. The highest BCUT2D eigenvalue weighted by atomic mass is 16.4. The summed E-state index contributed by atoms with van der Waals surface area (Å²) < 4.78 is 1.70. The maximum atomic E-state index is 10.9. The molecule has 0 aliphatic rings. The van der Waals surface area contributed by atoms with Crippen molar-refractivity contribution < 1.29 is 9.90 Å². The minimum atomic E-state index is -0.976. The van der Waals surface area contributed by atoms with Gasteiger partial charge in [-0.05, 0) is 24.3 Å². The number of nitrogens with two attached hydrogens (primary N) is 1. The Morgan fingerprint density at radius 1 is 1.50 bits per heavy atom. The van der Waals surface area contributed by atoms with Crippen LogP contribution in [0.2, 0.25) is 0 Å². The van der Waals surface area contributed by atoms with Gasteiger partial charge in [-0.3, -0.25) is 4.68 Å². The Bertz CT molecular complexity index is 577. The predicted octanol–water partition coefficient (Wildman–Crippen LogP) is 1.31. The van der Waals surface area contributed by atoms with E-state index < -0.39 is 5.97 Å². The number of carboxylic acid groups (broad SMARTS) is 1. The molecular formula is C12H14N4O2. The molecule has 2 rings (SSSR count). The van der Waals surface area contributed by atoms with E-state index >= 15 is 0 Å². The highest BCUT2D eigenvalue weighted by molar-refractivity contribution is 5.90. The summed E-state index contributed by atoms with van der Waals surface area (Å²) in [6.07, 6.45) is 1.84. The van der Waals surface area contributed by atoms with Crippen molar-refractivity contribution in [2.45, 2.75) is 6.54 Å². The number of benzene rings is 1. The van der Waals surface area contributed by atoms with Crippen molar-refractivity contribution in [3.63, 3.8) is 0 Å². The Labute approximate surface area is 104 Å². The van der Waals surface area contributed by atoms with E-state index in [9.17, 15) is 4.79 Å². The molecule has 0 amide bonds. The molecule has 2 aromatic rings. The molecule has 1 aromatic carbocycles. The number of anilines is 2. The molecule has 0 aliphatic carbocycles. The largest absolute Gasteiger partial charge is 0.478 e. The average Bonchev–Trinajstić information content (AvgIpc) is 2.74. The molecule has 0 spiro atoms. The maximum absolute atomic E-state index is 10.9. The highest BCUT2D eigenvalue weighted by Gasteiger charge is 2.06. The summed E-state index contributed by atoms with van der Waals surface area (Å²) in [5.41, 5.74) is 7.95. The van der Waals surface area contributed by atoms with Gasteiger partial charge in [-0.25, -0.2) is 4.79 Å². The van der Waals surface area contributed by atoms with E-state index in [2.05, 4.69) is 10.4 Å². The number of carboxylic acids is 1.